The van der Waals surface area contributed by atoms with Gasteiger partial charge in [0.25, 0.3) is 5.13 Å². The quantitative estimate of drug-likeness (QED) is 0.579. The molecule has 6 heteroatoms. The molecule has 0 amide bonds. The van der Waals surface area contributed by atoms with Gasteiger partial charge in [0.2, 0.25) is 0 Å². The maximum atomic E-state index is 14.1. The van der Waals surface area contributed by atoms with Crippen molar-refractivity contribution in [2.75, 3.05) is 13.2 Å². The molecule has 0 aliphatic carbocycles. The summed E-state index contributed by atoms with van der Waals surface area (Å²) in [6.45, 7) is 6.81. The number of carbonyl (C=O) groups is 1. The van der Waals surface area contributed by atoms with Gasteiger partial charge in [-0.25, -0.2) is 9.18 Å². The molecule has 17 heavy (non-hydrogen) atoms. The summed E-state index contributed by atoms with van der Waals surface area (Å²) in [7, 11) is 0. The number of halogens is 2. The predicted octanol–water partition coefficient (Wildman–Crippen LogP) is 2.24. The third-order valence-corrected chi connectivity index (χ3v) is 3.21. The Labute approximate surface area is 105 Å². The van der Waals surface area contributed by atoms with Crippen LogP contribution in [0.3, 0.4) is 0 Å². The summed E-state index contributed by atoms with van der Waals surface area (Å²) in [6.07, 6.45) is -0.572. The molecule has 0 aromatic carbocycles. The van der Waals surface area contributed by atoms with E-state index in [1.165, 1.54) is 6.92 Å². The Morgan fingerprint density at radius 1 is 1.71 bits per heavy atom. The van der Waals surface area contributed by atoms with Gasteiger partial charge >= 0.3 is 5.97 Å². The van der Waals surface area contributed by atoms with Crippen molar-refractivity contribution < 1.29 is 23.4 Å². The summed E-state index contributed by atoms with van der Waals surface area (Å²) in [5, 5.41) is -2.59. The van der Waals surface area contributed by atoms with E-state index in [1.807, 2.05) is 0 Å². The first-order valence-corrected chi connectivity index (χ1v) is 5.95. The number of carbonyl (C=O) groups excluding carboxylic acids is 1. The highest BCUT2D eigenvalue weighted by molar-refractivity contribution is 6.32. The zero-order valence-electron chi connectivity index (χ0n) is 10.5. The van der Waals surface area contributed by atoms with Crippen molar-refractivity contribution in [1.29, 1.82) is 0 Å². The molecule has 0 spiro atoms. The van der Waals surface area contributed by atoms with E-state index >= 15 is 0 Å². The van der Waals surface area contributed by atoms with Gasteiger partial charge in [0.05, 0.1) is 19.3 Å². The minimum atomic E-state index is -2.59. The van der Waals surface area contributed by atoms with E-state index < -0.39 is 28.9 Å². The lowest BCUT2D eigenvalue weighted by atomic mass is 9.99. The Hall–Kier alpha value is -0.390. The largest absolute Gasteiger partial charge is 0.463 e. The molecule has 0 saturated carbocycles. The van der Waals surface area contributed by atoms with E-state index in [-0.39, 0.29) is 13.2 Å². The summed E-state index contributed by atoms with van der Waals surface area (Å²) >= 11 is 5.61. The smallest absolute Gasteiger partial charge is 0.360 e. The van der Waals surface area contributed by atoms with E-state index in [0.717, 1.165) is 0 Å². The molecule has 1 fully saturated rings. The van der Waals surface area contributed by atoms with Gasteiger partial charge in [-0.1, -0.05) is 18.5 Å². The Morgan fingerprint density at radius 2 is 2.29 bits per heavy atom. The minimum absolute atomic E-state index is 0.0808. The van der Waals surface area contributed by atoms with Gasteiger partial charge in [0, 0.05) is 5.92 Å². The molecule has 0 unspecified atom stereocenters. The van der Waals surface area contributed by atoms with E-state index in [0.29, 0.717) is 0 Å². The van der Waals surface area contributed by atoms with Crippen LogP contribution in [0.25, 0.3) is 0 Å². The van der Waals surface area contributed by atoms with Gasteiger partial charge in [-0.15, -0.1) is 0 Å². The highest BCUT2D eigenvalue weighted by Crippen LogP contribution is 2.37. The molecule has 1 aliphatic rings. The average Bonchev–Trinajstić information content (AvgIpc) is 2.58. The minimum Gasteiger partial charge on any atom is -0.463 e. The first-order chi connectivity index (χ1) is 7.70. The van der Waals surface area contributed by atoms with E-state index in [9.17, 15) is 9.18 Å². The molecular weight excluding hydrogens is 251 g/mol. The second kappa shape index (κ2) is 5.08. The summed E-state index contributed by atoms with van der Waals surface area (Å²) < 4.78 is 29.5. The monoisotopic (exact) mass is 268 g/mol. The van der Waals surface area contributed by atoms with Gasteiger partial charge < -0.3 is 14.2 Å². The third kappa shape index (κ3) is 3.30. The van der Waals surface area contributed by atoms with E-state index in [4.69, 9.17) is 21.1 Å². The fourth-order valence-corrected chi connectivity index (χ4v) is 1.80. The summed E-state index contributed by atoms with van der Waals surface area (Å²) in [5.74, 6) is -2.71. The third-order valence-electron chi connectivity index (χ3n) is 2.71. The SMILES string of the molecule is CCOC(=O)[C@@](F)(Cl)[C@H](C)[C@H]1COC(C)(C)O1. The van der Waals surface area contributed by atoms with Gasteiger partial charge in [0.15, 0.2) is 5.79 Å². The fourth-order valence-electron chi connectivity index (χ4n) is 1.61. The molecule has 0 aromatic heterocycles. The Kier molecular flexibility index (Phi) is 4.38. The standard InChI is InChI=1S/C11H18ClFO4/c1-5-15-9(14)11(12,13)7(2)8-6-16-10(3,4)17-8/h7-8H,5-6H2,1-4H3/t7-,8-,11-/m1/s1. The van der Waals surface area contributed by atoms with Crippen LogP contribution in [-0.4, -0.2) is 36.2 Å². The summed E-state index contributed by atoms with van der Waals surface area (Å²) in [5.41, 5.74) is 0. The number of esters is 1. The van der Waals surface area contributed by atoms with Crippen LogP contribution in [0.2, 0.25) is 0 Å². The molecular formula is C11H18ClFO4. The van der Waals surface area contributed by atoms with Crippen LogP contribution < -0.4 is 0 Å². The van der Waals surface area contributed by atoms with Crippen LogP contribution >= 0.6 is 11.6 Å². The highest BCUT2D eigenvalue weighted by atomic mass is 35.5. The van der Waals surface area contributed by atoms with Crippen LogP contribution in [0.4, 0.5) is 4.39 Å². The topological polar surface area (TPSA) is 44.8 Å². The highest BCUT2D eigenvalue weighted by Gasteiger charge is 2.51. The molecule has 0 radical (unpaired) electrons. The van der Waals surface area contributed by atoms with E-state index in [2.05, 4.69) is 4.74 Å². The summed E-state index contributed by atoms with van der Waals surface area (Å²) in [6, 6.07) is 0. The van der Waals surface area contributed by atoms with Crippen LogP contribution in [0, 0.1) is 5.92 Å². The van der Waals surface area contributed by atoms with Gasteiger partial charge in [-0.3, -0.25) is 0 Å². The molecule has 0 aromatic rings. The molecule has 0 bridgehead atoms. The zero-order chi connectivity index (χ0) is 13.3. The van der Waals surface area contributed by atoms with Crippen LogP contribution in [-0.2, 0) is 19.0 Å². The average molecular weight is 269 g/mol. The molecule has 4 nitrogen and oxygen atoms in total. The maximum Gasteiger partial charge on any atom is 0.360 e. The number of hydrogen-bond acceptors (Lipinski definition) is 4. The molecule has 1 aliphatic heterocycles. The first-order valence-electron chi connectivity index (χ1n) is 5.57. The van der Waals surface area contributed by atoms with Crippen LogP contribution in [0.15, 0.2) is 0 Å². The van der Waals surface area contributed by atoms with Gasteiger partial charge in [-0.2, -0.15) is 0 Å². The van der Waals surface area contributed by atoms with Crippen molar-refractivity contribution in [2.45, 2.75) is 44.7 Å². The van der Waals surface area contributed by atoms with Crippen molar-refractivity contribution in [2.24, 2.45) is 5.92 Å². The van der Waals surface area contributed by atoms with Crippen molar-refractivity contribution in [3.05, 3.63) is 0 Å². The lowest BCUT2D eigenvalue weighted by Crippen LogP contribution is -2.43. The molecule has 100 valence electrons. The van der Waals surface area contributed by atoms with E-state index in [1.54, 1.807) is 20.8 Å². The van der Waals surface area contributed by atoms with Crippen LogP contribution in [0.1, 0.15) is 27.7 Å². The number of hydrogen-bond donors (Lipinski definition) is 0. The van der Waals surface area contributed by atoms with Gasteiger partial charge in [0.1, 0.15) is 0 Å². The Morgan fingerprint density at radius 3 is 2.71 bits per heavy atom. The Balaban J connectivity index is 2.69. The maximum absolute atomic E-state index is 14.1. The normalized spacial score (nSPS) is 28.5. The molecule has 1 rings (SSSR count). The molecule has 1 heterocycles. The lowest BCUT2D eigenvalue weighted by molar-refractivity contribution is -0.164. The molecule has 3 atom stereocenters. The van der Waals surface area contributed by atoms with Crippen molar-refractivity contribution in [3.8, 4) is 0 Å². The number of ether oxygens (including phenoxy) is 3. The molecule has 1 saturated heterocycles. The second-order valence-electron chi connectivity index (χ2n) is 4.50. The van der Waals surface area contributed by atoms with Crippen molar-refractivity contribution in [1.82, 2.24) is 0 Å². The predicted molar refractivity (Wildman–Crippen MR) is 60.4 cm³/mol. The molecule has 0 N–H and O–H groups in total. The second-order valence-corrected chi connectivity index (χ2v) is 5.05. The van der Waals surface area contributed by atoms with Crippen LogP contribution in [0.5, 0.6) is 0 Å². The van der Waals surface area contributed by atoms with Gasteiger partial charge in [-0.05, 0) is 20.8 Å². The zero-order valence-corrected chi connectivity index (χ0v) is 11.2. The summed E-state index contributed by atoms with van der Waals surface area (Å²) in [4.78, 5) is 11.4. The fraction of sp³-hybridized carbons (Fsp3) is 0.909. The first kappa shape index (κ1) is 14.7. The van der Waals surface area contributed by atoms with Crippen molar-refractivity contribution in [3.63, 3.8) is 0 Å². The van der Waals surface area contributed by atoms with Crippen molar-refractivity contribution >= 4 is 17.6 Å². The Bertz CT molecular complexity index is 293. The number of rotatable bonds is 4. The number of alkyl halides is 2. The lowest BCUT2D eigenvalue weighted by Gasteiger charge is -2.27.